The Morgan fingerprint density at radius 3 is 0.825 bits per heavy atom. The number of carbonyl (C=O) groups is 3. The molecule has 0 aliphatic rings. The van der Waals surface area contributed by atoms with Crippen LogP contribution >= 0.6 is 0 Å². The second-order valence-electron chi connectivity index (χ2n) is 26.6. The van der Waals surface area contributed by atoms with E-state index in [0.29, 0.717) is 23.9 Å². The van der Waals surface area contributed by atoms with Gasteiger partial charge in [-0.2, -0.15) is 0 Å². The number of carboxylic acids is 1. The summed E-state index contributed by atoms with van der Waals surface area (Å²) in [5.41, 5.74) is 0. The van der Waals surface area contributed by atoms with E-state index in [4.69, 9.17) is 18.9 Å². The predicted molar refractivity (Wildman–Crippen MR) is 419 cm³/mol. The van der Waals surface area contributed by atoms with Crippen LogP contribution in [0.4, 0.5) is 0 Å². The second-order valence-corrected chi connectivity index (χ2v) is 26.6. The molecule has 0 aliphatic heterocycles. The molecule has 0 spiro atoms. The van der Waals surface area contributed by atoms with Gasteiger partial charge in [0.15, 0.2) is 6.10 Å². The quantitative estimate of drug-likeness (QED) is 0.0211. The normalized spacial score (nSPS) is 13.7. The van der Waals surface area contributed by atoms with Crippen LogP contribution in [0, 0.1) is 0 Å². The lowest BCUT2D eigenvalue weighted by molar-refractivity contribution is -0.870. The zero-order chi connectivity index (χ0) is 70.4. The van der Waals surface area contributed by atoms with Crippen molar-refractivity contribution in [2.24, 2.45) is 0 Å². The molecule has 9 heteroatoms. The summed E-state index contributed by atoms with van der Waals surface area (Å²) in [6.07, 6.45) is 113. The maximum atomic E-state index is 13.0. The molecular formula is C88H144NO8+. The molecule has 548 valence electrons. The molecule has 0 aromatic rings. The SMILES string of the molecule is CC/C=C\C/C=C\C/C=C\C/C=C\C/C=C\C/C=C\C/C=C\C/C=C\C/C=C\CCCCCCCCCCCCCCCC(=O)OC(COC(=O)CCCCCCCCCCCCCC/C=C\C/C=C\C/C=C\C/C=C\C/C=C\C/C=C\CC)COC(OCC[N+](C)(C)C)C(=O)O. The van der Waals surface area contributed by atoms with E-state index < -0.39 is 24.3 Å². The number of hydrogen-bond acceptors (Lipinski definition) is 7. The van der Waals surface area contributed by atoms with Crippen LogP contribution in [-0.4, -0.2) is 87.4 Å². The Morgan fingerprint density at radius 2 is 0.557 bits per heavy atom. The van der Waals surface area contributed by atoms with Crippen molar-refractivity contribution in [1.29, 1.82) is 0 Å². The number of allylic oxidation sites excluding steroid dienone is 30. The van der Waals surface area contributed by atoms with E-state index >= 15 is 0 Å². The Morgan fingerprint density at radius 1 is 0.309 bits per heavy atom. The average Bonchev–Trinajstić information content (AvgIpc) is 3.27. The largest absolute Gasteiger partial charge is 0.477 e. The highest BCUT2D eigenvalue weighted by Crippen LogP contribution is 2.17. The van der Waals surface area contributed by atoms with Crippen molar-refractivity contribution in [2.45, 2.75) is 309 Å². The number of ether oxygens (including phenoxy) is 4. The molecular weight excluding hydrogens is 1200 g/mol. The van der Waals surface area contributed by atoms with Gasteiger partial charge in [-0.3, -0.25) is 9.59 Å². The van der Waals surface area contributed by atoms with Crippen LogP contribution in [0.1, 0.15) is 296 Å². The van der Waals surface area contributed by atoms with E-state index in [1.807, 2.05) is 21.1 Å². The standard InChI is InChI=1S/C88H143NO8/c1-6-8-10-12-14-16-18-20-22-24-26-28-30-32-34-36-38-39-40-41-42-43-44-45-46-47-49-51-53-55-57-59-61-63-65-67-69-71-73-75-77-79-86(91)97-84(83-96-88(87(92)93)94-81-80-89(3,4)5)82-95-85(90)78-76-74-72-70-68-66-64-62-60-58-56-54-52-50-48-37-35-33-31-29-27-25-23-21-19-17-15-13-11-9-7-2/h8-11,14-17,20-23,26-29,32-35,38-39,41-42,44-45,47-50,84,88H,6-7,12-13,18-19,24-25,30-31,36-37,40,43,46,51-83H2,1-5H3/p+1/b10-8-,11-9-,16-14-,17-15-,22-20-,23-21-,28-26-,29-27-,34-32-,35-33-,39-38-,42-41-,45-44-,49-47-,50-48-. The van der Waals surface area contributed by atoms with Crippen molar-refractivity contribution >= 4 is 17.9 Å². The van der Waals surface area contributed by atoms with Gasteiger partial charge in [0.25, 0.3) is 6.29 Å². The van der Waals surface area contributed by atoms with Gasteiger partial charge < -0.3 is 28.5 Å². The zero-order valence-corrected chi connectivity index (χ0v) is 62.7. The highest BCUT2D eigenvalue weighted by atomic mass is 16.7. The first-order valence-electron chi connectivity index (χ1n) is 38.9. The first-order chi connectivity index (χ1) is 47.6. The minimum absolute atomic E-state index is 0.180. The maximum Gasteiger partial charge on any atom is 0.361 e. The number of carboxylic acid groups (broad SMARTS) is 1. The Labute approximate surface area is 596 Å². The lowest BCUT2D eigenvalue weighted by Gasteiger charge is -2.25. The number of hydrogen-bond donors (Lipinski definition) is 1. The number of carbonyl (C=O) groups excluding carboxylic acids is 2. The number of aliphatic carboxylic acids is 1. The molecule has 1 N–H and O–H groups in total. The molecule has 0 fully saturated rings. The van der Waals surface area contributed by atoms with Gasteiger partial charge in [0.2, 0.25) is 0 Å². The van der Waals surface area contributed by atoms with Gasteiger partial charge in [-0.05, 0) is 135 Å². The average molecular weight is 1340 g/mol. The number of quaternary nitrogens is 1. The smallest absolute Gasteiger partial charge is 0.361 e. The summed E-state index contributed by atoms with van der Waals surface area (Å²) in [6, 6.07) is 0. The predicted octanol–water partition coefficient (Wildman–Crippen LogP) is 25.1. The molecule has 0 radical (unpaired) electrons. The lowest BCUT2D eigenvalue weighted by atomic mass is 10.0. The fraction of sp³-hybridized carbons (Fsp3) is 0.625. The Balaban J connectivity index is 4.11. The zero-order valence-electron chi connectivity index (χ0n) is 62.7. The first kappa shape index (κ1) is 91.4. The highest BCUT2D eigenvalue weighted by molar-refractivity contribution is 5.71. The van der Waals surface area contributed by atoms with Crippen LogP contribution in [0.15, 0.2) is 182 Å². The number of esters is 2. The minimum Gasteiger partial charge on any atom is -0.477 e. The van der Waals surface area contributed by atoms with Gasteiger partial charge in [-0.25, -0.2) is 4.79 Å². The minimum atomic E-state index is -1.52. The molecule has 0 bridgehead atoms. The van der Waals surface area contributed by atoms with E-state index in [9.17, 15) is 19.5 Å². The highest BCUT2D eigenvalue weighted by Gasteiger charge is 2.25. The number of likely N-dealkylation sites (N-methyl/N-ethyl adjacent to an activating group) is 1. The van der Waals surface area contributed by atoms with Crippen molar-refractivity contribution < 1.29 is 42.9 Å². The second kappa shape index (κ2) is 76.1. The number of unbranched alkanes of at least 4 members (excludes halogenated alkanes) is 25. The van der Waals surface area contributed by atoms with E-state index in [0.717, 1.165) is 135 Å². The van der Waals surface area contributed by atoms with Crippen molar-refractivity contribution in [3.8, 4) is 0 Å². The van der Waals surface area contributed by atoms with E-state index in [2.05, 4.69) is 196 Å². The molecule has 0 saturated carbocycles. The van der Waals surface area contributed by atoms with Crippen molar-refractivity contribution in [2.75, 3.05) is 47.5 Å². The Kier molecular flexibility index (Phi) is 71.7. The molecule has 0 aromatic carbocycles. The van der Waals surface area contributed by atoms with Crippen LogP contribution in [0.2, 0.25) is 0 Å². The van der Waals surface area contributed by atoms with Crippen LogP contribution < -0.4 is 0 Å². The summed E-state index contributed by atoms with van der Waals surface area (Å²) in [5.74, 6) is -2.02. The fourth-order valence-electron chi connectivity index (χ4n) is 10.3. The molecule has 2 atom stereocenters. The maximum absolute atomic E-state index is 13.0. The third-order valence-electron chi connectivity index (χ3n) is 16.2. The molecule has 0 aliphatic carbocycles. The summed E-state index contributed by atoms with van der Waals surface area (Å²) in [5, 5.41) is 9.77. The van der Waals surface area contributed by atoms with E-state index in [1.54, 1.807) is 0 Å². The van der Waals surface area contributed by atoms with Crippen LogP contribution in [-0.2, 0) is 33.3 Å². The number of rotatable bonds is 70. The summed E-state index contributed by atoms with van der Waals surface area (Å²) >= 11 is 0. The Hall–Kier alpha value is -5.61. The lowest BCUT2D eigenvalue weighted by Crippen LogP contribution is -2.40. The molecule has 0 amide bonds. The molecule has 9 nitrogen and oxygen atoms in total. The number of nitrogens with zero attached hydrogens (tertiary/aromatic N) is 1. The Bertz CT molecular complexity index is 2260. The summed E-state index contributed by atoms with van der Waals surface area (Å²) in [4.78, 5) is 37.7. The third kappa shape index (κ3) is 77.6. The van der Waals surface area contributed by atoms with Gasteiger partial charge in [-0.15, -0.1) is 0 Å². The molecule has 0 rings (SSSR count). The molecule has 2 unspecified atom stereocenters. The van der Waals surface area contributed by atoms with Crippen molar-refractivity contribution in [3.05, 3.63) is 182 Å². The van der Waals surface area contributed by atoms with E-state index in [1.165, 1.54) is 128 Å². The summed E-state index contributed by atoms with van der Waals surface area (Å²) < 4.78 is 23.0. The van der Waals surface area contributed by atoms with Crippen LogP contribution in [0.25, 0.3) is 0 Å². The van der Waals surface area contributed by atoms with Crippen LogP contribution in [0.5, 0.6) is 0 Å². The first-order valence-corrected chi connectivity index (χ1v) is 38.9. The third-order valence-corrected chi connectivity index (χ3v) is 16.2. The molecule has 0 heterocycles. The van der Waals surface area contributed by atoms with Gasteiger partial charge in [0, 0.05) is 12.8 Å². The molecule has 97 heavy (non-hydrogen) atoms. The molecule has 0 saturated heterocycles. The van der Waals surface area contributed by atoms with Crippen LogP contribution in [0.3, 0.4) is 0 Å². The molecule has 0 aromatic heterocycles. The fourth-order valence-corrected chi connectivity index (χ4v) is 10.3. The van der Waals surface area contributed by atoms with Gasteiger partial charge in [-0.1, -0.05) is 331 Å². The van der Waals surface area contributed by atoms with Gasteiger partial charge in [0.05, 0.1) is 34.4 Å². The summed E-state index contributed by atoms with van der Waals surface area (Å²) in [6.45, 7) is 4.65. The van der Waals surface area contributed by atoms with Crippen molar-refractivity contribution in [1.82, 2.24) is 0 Å². The van der Waals surface area contributed by atoms with Gasteiger partial charge in [0.1, 0.15) is 13.2 Å². The monoisotopic (exact) mass is 1340 g/mol. The van der Waals surface area contributed by atoms with Gasteiger partial charge >= 0.3 is 17.9 Å². The van der Waals surface area contributed by atoms with E-state index in [-0.39, 0.29) is 32.2 Å². The van der Waals surface area contributed by atoms with Crippen molar-refractivity contribution in [3.63, 3.8) is 0 Å². The topological polar surface area (TPSA) is 108 Å². The summed E-state index contributed by atoms with van der Waals surface area (Å²) in [7, 11) is 5.97.